The van der Waals surface area contributed by atoms with Crippen molar-refractivity contribution in [1.82, 2.24) is 4.98 Å². The van der Waals surface area contributed by atoms with Crippen LogP contribution in [0.4, 0.5) is 22.0 Å². The van der Waals surface area contributed by atoms with Crippen molar-refractivity contribution in [1.29, 1.82) is 5.26 Å². The first-order valence-electron chi connectivity index (χ1n) is 4.86. The van der Waals surface area contributed by atoms with Gasteiger partial charge >= 0.3 is 0 Å². The smallest absolute Gasteiger partial charge is 0.200 e. The van der Waals surface area contributed by atoms with Gasteiger partial charge in [0.25, 0.3) is 0 Å². The molecule has 1 heterocycles. The van der Waals surface area contributed by atoms with E-state index in [9.17, 15) is 22.0 Å². The summed E-state index contributed by atoms with van der Waals surface area (Å²) in [6.07, 6.45) is 1.16. The van der Waals surface area contributed by atoms with E-state index >= 15 is 0 Å². The molecule has 0 saturated heterocycles. The van der Waals surface area contributed by atoms with E-state index < -0.39 is 45.9 Å². The molecular formula is C12H3F5N2. The highest BCUT2D eigenvalue weighted by molar-refractivity contribution is 5.70. The third kappa shape index (κ3) is 1.91. The molecule has 0 bridgehead atoms. The lowest BCUT2D eigenvalue weighted by molar-refractivity contribution is 0.381. The number of halogens is 5. The van der Waals surface area contributed by atoms with Crippen LogP contribution in [0.5, 0.6) is 0 Å². The van der Waals surface area contributed by atoms with Gasteiger partial charge in [-0.05, 0) is 12.1 Å². The zero-order valence-corrected chi connectivity index (χ0v) is 9.02. The fourth-order valence-corrected chi connectivity index (χ4v) is 1.54. The van der Waals surface area contributed by atoms with Crippen LogP contribution < -0.4 is 0 Å². The maximum Gasteiger partial charge on any atom is 0.200 e. The number of aromatic nitrogens is 1. The third-order valence-corrected chi connectivity index (χ3v) is 2.39. The molecule has 0 radical (unpaired) electrons. The minimum atomic E-state index is -2.25. The van der Waals surface area contributed by atoms with Gasteiger partial charge in [-0.1, -0.05) is 0 Å². The van der Waals surface area contributed by atoms with E-state index in [1.807, 2.05) is 0 Å². The van der Waals surface area contributed by atoms with Crippen LogP contribution in [0, 0.1) is 40.4 Å². The molecule has 0 spiro atoms. The van der Waals surface area contributed by atoms with E-state index in [-0.39, 0.29) is 0 Å². The summed E-state index contributed by atoms with van der Waals surface area (Å²) in [4.78, 5) is 3.50. The molecule has 0 fully saturated rings. The Morgan fingerprint density at radius 3 is 1.95 bits per heavy atom. The predicted molar refractivity (Wildman–Crippen MR) is 54.2 cm³/mol. The molecule has 0 unspecified atom stereocenters. The Hall–Kier alpha value is -2.49. The summed E-state index contributed by atoms with van der Waals surface area (Å²) in [5, 5.41) is 8.74. The molecule has 0 saturated carbocycles. The van der Waals surface area contributed by atoms with Gasteiger partial charge in [0.2, 0.25) is 5.82 Å². The summed E-state index contributed by atoms with van der Waals surface area (Å²) >= 11 is 0. The number of rotatable bonds is 1. The summed E-state index contributed by atoms with van der Waals surface area (Å²) in [6, 6.07) is 3.78. The van der Waals surface area contributed by atoms with Gasteiger partial charge in [-0.25, -0.2) is 26.9 Å². The Morgan fingerprint density at radius 1 is 0.895 bits per heavy atom. The second-order valence-electron chi connectivity index (χ2n) is 3.46. The zero-order valence-electron chi connectivity index (χ0n) is 9.02. The fourth-order valence-electron chi connectivity index (χ4n) is 1.54. The number of hydrogen-bond donors (Lipinski definition) is 0. The Labute approximate surface area is 103 Å². The number of nitriles is 1. The molecule has 7 heteroatoms. The van der Waals surface area contributed by atoms with Gasteiger partial charge in [0.05, 0.1) is 5.56 Å². The number of nitrogens with zero attached hydrogens (tertiary/aromatic N) is 2. The van der Waals surface area contributed by atoms with Crippen molar-refractivity contribution >= 4 is 0 Å². The highest BCUT2D eigenvalue weighted by Gasteiger charge is 2.27. The Kier molecular flexibility index (Phi) is 3.17. The van der Waals surface area contributed by atoms with E-state index in [1.165, 1.54) is 12.1 Å². The van der Waals surface area contributed by atoms with Gasteiger partial charge in [0.15, 0.2) is 23.3 Å². The SMILES string of the molecule is N#Cc1ncccc1-c1c(F)c(F)c(F)c(F)c1F. The van der Waals surface area contributed by atoms with Crippen molar-refractivity contribution in [2.45, 2.75) is 0 Å². The Balaban J connectivity index is 2.88. The fraction of sp³-hybridized carbons (Fsp3) is 0. The molecule has 1 aromatic heterocycles. The second kappa shape index (κ2) is 4.65. The molecule has 0 amide bonds. The van der Waals surface area contributed by atoms with Crippen molar-refractivity contribution in [3.63, 3.8) is 0 Å². The van der Waals surface area contributed by atoms with Gasteiger partial charge < -0.3 is 0 Å². The number of hydrogen-bond acceptors (Lipinski definition) is 2. The lowest BCUT2D eigenvalue weighted by atomic mass is 10.0. The summed E-state index contributed by atoms with van der Waals surface area (Å²) in [7, 11) is 0. The van der Waals surface area contributed by atoms with E-state index in [2.05, 4.69) is 4.98 Å². The van der Waals surface area contributed by atoms with Gasteiger partial charge in [-0.2, -0.15) is 5.26 Å². The normalized spacial score (nSPS) is 10.3. The first-order chi connectivity index (χ1) is 8.99. The second-order valence-corrected chi connectivity index (χ2v) is 3.46. The van der Waals surface area contributed by atoms with Crippen molar-refractivity contribution in [3.05, 3.63) is 53.1 Å². The summed E-state index contributed by atoms with van der Waals surface area (Å²) in [5.41, 5.74) is -2.07. The summed E-state index contributed by atoms with van der Waals surface area (Å²) < 4.78 is 66.1. The average Bonchev–Trinajstić information content (AvgIpc) is 2.44. The lowest BCUT2D eigenvalue weighted by Gasteiger charge is -2.08. The maximum absolute atomic E-state index is 13.5. The minimum absolute atomic E-state index is 0.439. The van der Waals surface area contributed by atoms with E-state index in [1.54, 1.807) is 0 Å². The quantitative estimate of drug-likeness (QED) is 0.453. The zero-order chi connectivity index (χ0) is 14.2. The molecule has 0 aliphatic heterocycles. The largest absolute Gasteiger partial charge is 0.245 e. The van der Waals surface area contributed by atoms with Crippen LogP contribution in [0.25, 0.3) is 11.1 Å². The number of benzene rings is 1. The van der Waals surface area contributed by atoms with Gasteiger partial charge in [0, 0.05) is 11.8 Å². The molecule has 0 N–H and O–H groups in total. The Bertz CT molecular complexity index is 677. The highest BCUT2D eigenvalue weighted by Crippen LogP contribution is 2.32. The van der Waals surface area contributed by atoms with Crippen LogP contribution in [0.2, 0.25) is 0 Å². The average molecular weight is 270 g/mol. The summed E-state index contributed by atoms with van der Waals surface area (Å²) in [5.74, 6) is -10.4. The molecule has 2 nitrogen and oxygen atoms in total. The monoisotopic (exact) mass is 270 g/mol. The van der Waals surface area contributed by atoms with Crippen molar-refractivity contribution in [3.8, 4) is 17.2 Å². The topological polar surface area (TPSA) is 36.7 Å². The number of pyridine rings is 1. The molecule has 0 atom stereocenters. The van der Waals surface area contributed by atoms with Crippen molar-refractivity contribution in [2.75, 3.05) is 0 Å². The van der Waals surface area contributed by atoms with Crippen LogP contribution in [0.15, 0.2) is 18.3 Å². The van der Waals surface area contributed by atoms with Crippen LogP contribution in [-0.2, 0) is 0 Å². The molecule has 2 rings (SSSR count). The Morgan fingerprint density at radius 2 is 1.42 bits per heavy atom. The predicted octanol–water partition coefficient (Wildman–Crippen LogP) is 3.32. The maximum atomic E-state index is 13.5. The first kappa shape index (κ1) is 13.0. The van der Waals surface area contributed by atoms with Crippen LogP contribution >= 0.6 is 0 Å². The van der Waals surface area contributed by atoms with Crippen molar-refractivity contribution < 1.29 is 22.0 Å². The molecule has 19 heavy (non-hydrogen) atoms. The van der Waals surface area contributed by atoms with Crippen LogP contribution in [-0.4, -0.2) is 4.98 Å². The van der Waals surface area contributed by atoms with Gasteiger partial charge in [-0.15, -0.1) is 0 Å². The van der Waals surface area contributed by atoms with Gasteiger partial charge in [0.1, 0.15) is 11.8 Å². The molecule has 0 aliphatic rings. The van der Waals surface area contributed by atoms with E-state index in [0.29, 0.717) is 0 Å². The lowest BCUT2D eigenvalue weighted by Crippen LogP contribution is -2.05. The van der Waals surface area contributed by atoms with Crippen molar-refractivity contribution in [2.24, 2.45) is 0 Å². The highest BCUT2D eigenvalue weighted by atomic mass is 19.2. The minimum Gasteiger partial charge on any atom is -0.245 e. The van der Waals surface area contributed by atoms with Crippen LogP contribution in [0.3, 0.4) is 0 Å². The molecule has 1 aromatic carbocycles. The standard InChI is InChI=1S/C12H3F5N2/c13-8-7(5-2-1-3-19-6(5)4-18)9(14)11(16)12(17)10(8)15/h1-3H. The molecule has 96 valence electrons. The third-order valence-electron chi connectivity index (χ3n) is 2.39. The molecule has 2 aromatic rings. The van der Waals surface area contributed by atoms with E-state index in [4.69, 9.17) is 5.26 Å². The van der Waals surface area contributed by atoms with Gasteiger partial charge in [-0.3, -0.25) is 0 Å². The molecule has 0 aliphatic carbocycles. The van der Waals surface area contributed by atoms with Crippen LogP contribution in [0.1, 0.15) is 5.69 Å². The van der Waals surface area contributed by atoms with E-state index in [0.717, 1.165) is 12.3 Å². The molecular weight excluding hydrogens is 267 g/mol. The summed E-state index contributed by atoms with van der Waals surface area (Å²) in [6.45, 7) is 0. The first-order valence-corrected chi connectivity index (χ1v) is 4.86.